The van der Waals surface area contributed by atoms with Gasteiger partial charge in [0.25, 0.3) is 0 Å². The molecule has 0 atom stereocenters. The average molecular weight is 257 g/mol. The summed E-state index contributed by atoms with van der Waals surface area (Å²) in [6.07, 6.45) is 0.786. The maximum absolute atomic E-state index is 9.02. The maximum atomic E-state index is 9.02. The number of benzene rings is 1. The van der Waals surface area contributed by atoms with Crippen LogP contribution in [-0.4, -0.2) is 24.9 Å². The van der Waals surface area contributed by atoms with Crippen LogP contribution in [0.15, 0.2) is 28.7 Å². The number of aliphatic hydroxyl groups is 1. The van der Waals surface area contributed by atoms with E-state index in [4.69, 9.17) is 9.84 Å². The summed E-state index contributed by atoms with van der Waals surface area (Å²) >= 11 is 3.41. The van der Waals surface area contributed by atoms with Crippen LogP contribution in [0.4, 0.5) is 0 Å². The van der Waals surface area contributed by atoms with E-state index in [-0.39, 0.29) is 12.0 Å². The molecule has 1 aliphatic rings. The van der Waals surface area contributed by atoms with Crippen molar-refractivity contribution in [2.45, 2.75) is 11.8 Å². The molecule has 0 radical (unpaired) electrons. The van der Waals surface area contributed by atoms with E-state index in [1.54, 1.807) is 0 Å². The molecule has 1 saturated heterocycles. The van der Waals surface area contributed by atoms with Crippen LogP contribution in [-0.2, 0) is 10.2 Å². The summed E-state index contributed by atoms with van der Waals surface area (Å²) in [5.41, 5.74) is 1.33. The Kier molecular flexibility index (Phi) is 2.91. The molecule has 0 aromatic heterocycles. The monoisotopic (exact) mass is 256 g/mol. The van der Waals surface area contributed by atoms with Crippen LogP contribution in [0.3, 0.4) is 0 Å². The lowest BCUT2D eigenvalue weighted by Crippen LogP contribution is -2.47. The summed E-state index contributed by atoms with van der Waals surface area (Å²) in [5.74, 6) is 0. The van der Waals surface area contributed by atoms with E-state index < -0.39 is 0 Å². The Morgan fingerprint density at radius 2 is 1.93 bits per heavy atom. The van der Waals surface area contributed by atoms with E-state index in [9.17, 15) is 0 Å². The van der Waals surface area contributed by atoms with Crippen molar-refractivity contribution < 1.29 is 9.84 Å². The van der Waals surface area contributed by atoms with E-state index in [2.05, 4.69) is 28.1 Å². The van der Waals surface area contributed by atoms with Crippen LogP contribution in [0.1, 0.15) is 12.0 Å². The highest BCUT2D eigenvalue weighted by atomic mass is 79.9. The van der Waals surface area contributed by atoms with Gasteiger partial charge in [0.15, 0.2) is 0 Å². The summed E-state index contributed by atoms with van der Waals surface area (Å²) in [6, 6.07) is 8.27. The fourth-order valence-corrected chi connectivity index (χ4v) is 2.09. The lowest BCUT2D eigenvalue weighted by atomic mass is 9.76. The Balaban J connectivity index is 2.23. The summed E-state index contributed by atoms with van der Waals surface area (Å²) < 4.78 is 6.34. The highest BCUT2D eigenvalue weighted by Gasteiger charge is 2.39. The lowest BCUT2D eigenvalue weighted by Gasteiger charge is -2.41. The van der Waals surface area contributed by atoms with E-state index >= 15 is 0 Å². The molecular formula is C11H13BrO2. The summed E-state index contributed by atoms with van der Waals surface area (Å²) in [7, 11) is 0. The first kappa shape index (κ1) is 10.1. The zero-order valence-electron chi connectivity index (χ0n) is 7.87. The fourth-order valence-electron chi connectivity index (χ4n) is 1.82. The van der Waals surface area contributed by atoms with E-state index in [0.29, 0.717) is 0 Å². The van der Waals surface area contributed by atoms with Crippen LogP contribution in [0.25, 0.3) is 0 Å². The molecule has 0 amide bonds. The van der Waals surface area contributed by atoms with E-state index in [1.165, 1.54) is 5.56 Å². The number of ether oxygens (including phenoxy) is 1. The highest BCUT2D eigenvalue weighted by Crippen LogP contribution is 2.35. The van der Waals surface area contributed by atoms with Gasteiger partial charge in [0, 0.05) is 16.5 Å². The Hall–Kier alpha value is -0.380. The van der Waals surface area contributed by atoms with Crippen molar-refractivity contribution >= 4 is 15.9 Å². The van der Waals surface area contributed by atoms with Gasteiger partial charge in [0.05, 0.1) is 13.2 Å². The largest absolute Gasteiger partial charge is 0.396 e. The average Bonchev–Trinajstić information content (AvgIpc) is 2.13. The molecule has 1 aromatic rings. The maximum Gasteiger partial charge on any atom is 0.0586 e. The van der Waals surface area contributed by atoms with Gasteiger partial charge >= 0.3 is 0 Å². The molecule has 2 rings (SSSR count). The Morgan fingerprint density at radius 3 is 2.36 bits per heavy atom. The normalized spacial score (nSPS) is 19.0. The summed E-state index contributed by atoms with van der Waals surface area (Å²) in [4.78, 5) is 0. The van der Waals surface area contributed by atoms with Crippen LogP contribution >= 0.6 is 15.9 Å². The molecule has 76 valence electrons. The zero-order chi connectivity index (χ0) is 10.0. The third-order valence-corrected chi connectivity index (χ3v) is 3.33. The molecule has 14 heavy (non-hydrogen) atoms. The van der Waals surface area contributed by atoms with Gasteiger partial charge in [-0.25, -0.2) is 0 Å². The second-order valence-electron chi connectivity index (χ2n) is 3.75. The molecule has 1 aromatic carbocycles. The second kappa shape index (κ2) is 4.01. The van der Waals surface area contributed by atoms with Crippen LogP contribution in [0.5, 0.6) is 0 Å². The van der Waals surface area contributed by atoms with Crippen molar-refractivity contribution in [2.75, 3.05) is 19.8 Å². The molecule has 2 nitrogen and oxygen atoms in total. The number of hydrogen-bond acceptors (Lipinski definition) is 2. The Bertz CT molecular complexity index is 304. The number of halogens is 1. The minimum absolute atomic E-state index is 0.0649. The van der Waals surface area contributed by atoms with Gasteiger partial charge in [0.2, 0.25) is 0 Å². The molecule has 1 N–H and O–H groups in total. The molecule has 1 heterocycles. The number of rotatable bonds is 3. The third-order valence-electron chi connectivity index (χ3n) is 2.80. The van der Waals surface area contributed by atoms with Crippen LogP contribution in [0.2, 0.25) is 0 Å². The van der Waals surface area contributed by atoms with E-state index in [1.807, 2.05) is 12.1 Å². The first-order valence-electron chi connectivity index (χ1n) is 4.71. The molecule has 0 bridgehead atoms. The molecular weight excluding hydrogens is 244 g/mol. The zero-order valence-corrected chi connectivity index (χ0v) is 9.46. The Labute approximate surface area is 92.0 Å². The standard InChI is InChI=1S/C11H13BrO2/c12-10-3-1-9(2-4-10)11(5-6-13)7-14-8-11/h1-4,13H,5-8H2. The van der Waals surface area contributed by atoms with Crippen molar-refractivity contribution in [3.63, 3.8) is 0 Å². The number of hydrogen-bond donors (Lipinski definition) is 1. The highest BCUT2D eigenvalue weighted by molar-refractivity contribution is 9.10. The quantitative estimate of drug-likeness (QED) is 0.898. The second-order valence-corrected chi connectivity index (χ2v) is 4.67. The first-order valence-corrected chi connectivity index (χ1v) is 5.51. The Morgan fingerprint density at radius 1 is 1.29 bits per heavy atom. The molecule has 1 aliphatic heterocycles. The first-order chi connectivity index (χ1) is 6.77. The summed E-state index contributed by atoms with van der Waals surface area (Å²) in [5, 5.41) is 9.02. The topological polar surface area (TPSA) is 29.5 Å². The lowest BCUT2D eigenvalue weighted by molar-refractivity contribution is -0.0700. The molecule has 0 spiro atoms. The molecule has 0 unspecified atom stereocenters. The van der Waals surface area contributed by atoms with E-state index in [0.717, 1.165) is 24.1 Å². The SMILES string of the molecule is OCCC1(c2ccc(Br)cc2)COC1. The van der Waals surface area contributed by atoms with Gasteiger partial charge in [-0.2, -0.15) is 0 Å². The van der Waals surface area contributed by atoms with Gasteiger partial charge in [-0.05, 0) is 24.1 Å². The van der Waals surface area contributed by atoms with Gasteiger partial charge < -0.3 is 9.84 Å². The summed E-state index contributed by atoms with van der Waals surface area (Å²) in [6.45, 7) is 1.68. The van der Waals surface area contributed by atoms with Crippen molar-refractivity contribution in [1.82, 2.24) is 0 Å². The fraction of sp³-hybridized carbons (Fsp3) is 0.455. The minimum atomic E-state index is 0.0649. The number of aliphatic hydroxyl groups excluding tert-OH is 1. The predicted octanol–water partition coefficient (Wildman–Crippen LogP) is 2.10. The molecule has 1 fully saturated rings. The van der Waals surface area contributed by atoms with Crippen molar-refractivity contribution in [1.29, 1.82) is 0 Å². The van der Waals surface area contributed by atoms with Gasteiger partial charge in [-0.15, -0.1) is 0 Å². The van der Waals surface area contributed by atoms with Gasteiger partial charge in [0.1, 0.15) is 0 Å². The third kappa shape index (κ3) is 1.72. The predicted molar refractivity (Wildman–Crippen MR) is 58.3 cm³/mol. The molecule has 0 aliphatic carbocycles. The smallest absolute Gasteiger partial charge is 0.0586 e. The minimum Gasteiger partial charge on any atom is -0.396 e. The molecule has 3 heteroatoms. The van der Waals surface area contributed by atoms with Crippen LogP contribution in [0, 0.1) is 0 Å². The van der Waals surface area contributed by atoms with Crippen molar-refractivity contribution in [2.24, 2.45) is 0 Å². The van der Waals surface area contributed by atoms with Crippen molar-refractivity contribution in [3.05, 3.63) is 34.3 Å². The molecule has 0 saturated carbocycles. The van der Waals surface area contributed by atoms with Gasteiger partial charge in [-0.1, -0.05) is 28.1 Å². The van der Waals surface area contributed by atoms with Gasteiger partial charge in [-0.3, -0.25) is 0 Å². The van der Waals surface area contributed by atoms with Crippen LogP contribution < -0.4 is 0 Å². The van der Waals surface area contributed by atoms with Crippen molar-refractivity contribution in [3.8, 4) is 0 Å².